The molecule has 1 aliphatic heterocycles. The molecule has 3 rings (SSSR count). The van der Waals surface area contributed by atoms with Crippen LogP contribution in [-0.4, -0.2) is 63.9 Å². The Labute approximate surface area is 144 Å². The van der Waals surface area contributed by atoms with Crippen molar-refractivity contribution in [3.8, 4) is 0 Å². The zero-order chi connectivity index (χ0) is 17.3. The van der Waals surface area contributed by atoms with E-state index in [4.69, 9.17) is 4.98 Å². The third-order valence-electron chi connectivity index (χ3n) is 4.80. The maximum Gasteiger partial charge on any atom is 0.157 e. The summed E-state index contributed by atoms with van der Waals surface area (Å²) in [7, 11) is 4.04. The molecule has 0 amide bonds. The van der Waals surface area contributed by atoms with Crippen molar-refractivity contribution in [3.05, 3.63) is 24.0 Å². The SMILES string of the molecule is CC(C)c1cc(N2CCC[C@@](O)(CN(C)C)CC2)n2nccc2n1. The first kappa shape index (κ1) is 17.2. The molecule has 3 heterocycles. The predicted molar refractivity (Wildman–Crippen MR) is 96.6 cm³/mol. The minimum absolute atomic E-state index is 0.376. The van der Waals surface area contributed by atoms with Gasteiger partial charge in [-0.1, -0.05) is 13.8 Å². The number of rotatable bonds is 4. The second-order valence-electron chi connectivity index (χ2n) is 7.60. The highest BCUT2D eigenvalue weighted by Gasteiger charge is 2.31. The normalized spacial score (nSPS) is 22.5. The van der Waals surface area contributed by atoms with Crippen molar-refractivity contribution >= 4 is 11.5 Å². The first-order valence-corrected chi connectivity index (χ1v) is 8.85. The summed E-state index contributed by atoms with van der Waals surface area (Å²) >= 11 is 0. The molecule has 6 heteroatoms. The van der Waals surface area contributed by atoms with E-state index in [9.17, 15) is 5.11 Å². The van der Waals surface area contributed by atoms with E-state index in [1.807, 2.05) is 24.7 Å². The lowest BCUT2D eigenvalue weighted by atomic mass is 9.94. The van der Waals surface area contributed by atoms with Crippen LogP contribution in [0.25, 0.3) is 5.65 Å². The van der Waals surface area contributed by atoms with Crippen molar-refractivity contribution < 1.29 is 5.11 Å². The second-order valence-corrected chi connectivity index (χ2v) is 7.60. The number of aliphatic hydroxyl groups is 1. The molecule has 0 unspecified atom stereocenters. The lowest BCUT2D eigenvalue weighted by Crippen LogP contribution is -2.41. The van der Waals surface area contributed by atoms with Crippen LogP contribution in [0.2, 0.25) is 0 Å². The van der Waals surface area contributed by atoms with E-state index in [1.165, 1.54) is 0 Å². The fourth-order valence-corrected chi connectivity index (χ4v) is 3.59. The van der Waals surface area contributed by atoms with Crippen LogP contribution in [0.15, 0.2) is 18.3 Å². The van der Waals surface area contributed by atoms with Crippen LogP contribution in [-0.2, 0) is 0 Å². The van der Waals surface area contributed by atoms with Gasteiger partial charge >= 0.3 is 0 Å². The standard InChI is InChI=1S/C18H29N5O/c1-14(2)15-12-17(23-16(20-15)6-9-19-23)22-10-5-7-18(24,8-11-22)13-21(3)4/h6,9,12,14,24H,5,7-8,10-11,13H2,1-4H3/t18-/m0/s1. The summed E-state index contributed by atoms with van der Waals surface area (Å²) in [6.07, 6.45) is 4.39. The highest BCUT2D eigenvalue weighted by atomic mass is 16.3. The van der Waals surface area contributed by atoms with E-state index in [1.54, 1.807) is 6.20 Å². The molecule has 0 radical (unpaired) electrons. The van der Waals surface area contributed by atoms with E-state index < -0.39 is 5.60 Å². The molecule has 1 aliphatic rings. The number of nitrogens with zero attached hydrogens (tertiary/aromatic N) is 5. The molecule has 0 saturated carbocycles. The molecule has 2 aromatic rings. The maximum atomic E-state index is 10.9. The molecule has 1 N–H and O–H groups in total. The highest BCUT2D eigenvalue weighted by molar-refractivity contribution is 5.51. The summed E-state index contributed by atoms with van der Waals surface area (Å²) in [6, 6.07) is 4.11. The minimum atomic E-state index is -0.602. The molecule has 1 atom stereocenters. The van der Waals surface area contributed by atoms with Crippen molar-refractivity contribution in [2.75, 3.05) is 38.6 Å². The van der Waals surface area contributed by atoms with Gasteiger partial charge in [0.1, 0.15) is 5.82 Å². The van der Waals surface area contributed by atoms with Gasteiger partial charge in [-0.2, -0.15) is 9.61 Å². The van der Waals surface area contributed by atoms with E-state index >= 15 is 0 Å². The summed E-state index contributed by atoms with van der Waals surface area (Å²) in [5, 5.41) is 15.4. The summed E-state index contributed by atoms with van der Waals surface area (Å²) < 4.78 is 1.92. The van der Waals surface area contributed by atoms with Crippen molar-refractivity contribution in [1.82, 2.24) is 19.5 Å². The van der Waals surface area contributed by atoms with Gasteiger partial charge in [0.05, 0.1) is 11.8 Å². The molecule has 1 saturated heterocycles. The van der Waals surface area contributed by atoms with E-state index in [2.05, 4.69) is 34.8 Å². The van der Waals surface area contributed by atoms with Gasteiger partial charge in [-0.15, -0.1) is 0 Å². The van der Waals surface area contributed by atoms with Gasteiger partial charge in [-0.05, 0) is 39.3 Å². The zero-order valence-electron chi connectivity index (χ0n) is 15.2. The fraction of sp³-hybridized carbons (Fsp3) is 0.667. The van der Waals surface area contributed by atoms with Crippen LogP contribution in [0.5, 0.6) is 0 Å². The first-order valence-electron chi connectivity index (χ1n) is 8.85. The van der Waals surface area contributed by atoms with Crippen molar-refractivity contribution in [2.45, 2.75) is 44.6 Å². The lowest BCUT2D eigenvalue weighted by Gasteiger charge is -2.30. The Bertz CT molecular complexity index is 696. The van der Waals surface area contributed by atoms with Crippen LogP contribution in [0.4, 0.5) is 5.82 Å². The van der Waals surface area contributed by atoms with E-state index in [-0.39, 0.29) is 0 Å². The van der Waals surface area contributed by atoms with Gasteiger partial charge in [-0.3, -0.25) is 0 Å². The van der Waals surface area contributed by atoms with Crippen molar-refractivity contribution in [2.24, 2.45) is 0 Å². The number of aromatic nitrogens is 3. The Kier molecular flexibility index (Phi) is 4.78. The van der Waals surface area contributed by atoms with E-state index in [0.717, 1.165) is 49.5 Å². The van der Waals surface area contributed by atoms with Gasteiger partial charge in [0.2, 0.25) is 0 Å². The average Bonchev–Trinajstić information content (AvgIpc) is 2.89. The summed E-state index contributed by atoms with van der Waals surface area (Å²) in [6.45, 7) is 6.81. The van der Waals surface area contributed by atoms with Crippen LogP contribution in [0.3, 0.4) is 0 Å². The van der Waals surface area contributed by atoms with Gasteiger partial charge in [0.25, 0.3) is 0 Å². The Morgan fingerprint density at radius 1 is 1.29 bits per heavy atom. The molecule has 24 heavy (non-hydrogen) atoms. The predicted octanol–water partition coefficient (Wildman–Crippen LogP) is 2.14. The summed E-state index contributed by atoms with van der Waals surface area (Å²) in [5.74, 6) is 1.46. The third kappa shape index (κ3) is 3.54. The third-order valence-corrected chi connectivity index (χ3v) is 4.80. The molecule has 1 fully saturated rings. The van der Waals surface area contributed by atoms with Crippen molar-refractivity contribution in [3.63, 3.8) is 0 Å². The Hall–Kier alpha value is -1.66. The Morgan fingerprint density at radius 2 is 2.08 bits per heavy atom. The van der Waals surface area contributed by atoms with E-state index in [0.29, 0.717) is 12.5 Å². The minimum Gasteiger partial charge on any atom is -0.388 e. The average molecular weight is 331 g/mol. The smallest absolute Gasteiger partial charge is 0.157 e. The second kappa shape index (κ2) is 6.69. The maximum absolute atomic E-state index is 10.9. The van der Waals surface area contributed by atoms with Gasteiger partial charge < -0.3 is 14.9 Å². The molecule has 0 bridgehead atoms. The van der Waals surface area contributed by atoms with Crippen LogP contribution in [0.1, 0.15) is 44.7 Å². The molecule has 132 valence electrons. The molecule has 0 aliphatic carbocycles. The number of likely N-dealkylation sites (N-methyl/N-ethyl adjacent to an activating group) is 1. The molecule has 0 aromatic carbocycles. The number of anilines is 1. The molecule has 6 nitrogen and oxygen atoms in total. The Morgan fingerprint density at radius 3 is 2.79 bits per heavy atom. The fourth-order valence-electron chi connectivity index (χ4n) is 3.59. The van der Waals surface area contributed by atoms with Gasteiger partial charge in [-0.25, -0.2) is 4.98 Å². The molecular formula is C18H29N5O. The van der Waals surface area contributed by atoms with Gasteiger partial charge in [0.15, 0.2) is 5.65 Å². The molecule has 0 spiro atoms. The quantitative estimate of drug-likeness (QED) is 0.930. The molecule has 2 aromatic heterocycles. The molecular weight excluding hydrogens is 302 g/mol. The summed E-state index contributed by atoms with van der Waals surface area (Å²) in [5.41, 5.74) is 1.38. The Balaban J connectivity index is 1.89. The number of fused-ring (bicyclic) bond motifs is 1. The van der Waals surface area contributed by atoms with Gasteiger partial charge in [0, 0.05) is 37.5 Å². The van der Waals surface area contributed by atoms with Crippen LogP contribution < -0.4 is 4.90 Å². The highest BCUT2D eigenvalue weighted by Crippen LogP contribution is 2.28. The number of hydrogen-bond acceptors (Lipinski definition) is 5. The van der Waals surface area contributed by atoms with Crippen LogP contribution in [0, 0.1) is 0 Å². The topological polar surface area (TPSA) is 56.9 Å². The summed E-state index contributed by atoms with van der Waals surface area (Å²) in [4.78, 5) is 9.12. The zero-order valence-corrected chi connectivity index (χ0v) is 15.2. The monoisotopic (exact) mass is 331 g/mol. The largest absolute Gasteiger partial charge is 0.388 e. The lowest BCUT2D eigenvalue weighted by molar-refractivity contribution is 0.00537. The first-order chi connectivity index (χ1) is 11.4. The van der Waals surface area contributed by atoms with Crippen LogP contribution >= 0.6 is 0 Å². The van der Waals surface area contributed by atoms with Crippen molar-refractivity contribution in [1.29, 1.82) is 0 Å². The number of hydrogen-bond donors (Lipinski definition) is 1.